The Morgan fingerprint density at radius 1 is 0.250 bits per heavy atom. The number of hydrogen-bond donors (Lipinski definition) is 0. The first-order valence-corrected chi connectivity index (χ1v) is 24.8. The van der Waals surface area contributed by atoms with E-state index in [2.05, 4.69) is 177 Å². The van der Waals surface area contributed by atoms with Gasteiger partial charge in [0.1, 0.15) is 28.7 Å². The quantitative estimate of drug-likeness (QED) is 0.0764. The van der Waals surface area contributed by atoms with Crippen LogP contribution in [0.2, 0.25) is 0 Å². The highest BCUT2D eigenvalue weighted by Gasteiger charge is 2.24. The smallest absolute Gasteiger partial charge is 0.153 e. The van der Waals surface area contributed by atoms with Crippen molar-refractivity contribution < 1.29 is 33.3 Å². The lowest BCUT2D eigenvalue weighted by Crippen LogP contribution is -2.12. The molecule has 0 fully saturated rings. The molecule has 0 aliphatic heterocycles. The van der Waals surface area contributed by atoms with Crippen LogP contribution in [-0.2, 0) is 27.1 Å². The van der Waals surface area contributed by atoms with Gasteiger partial charge in [-0.25, -0.2) is 0 Å². The molecule has 5 aromatic carbocycles. The zero-order chi connectivity index (χ0) is 53.7. The molecule has 0 heterocycles. The zero-order valence-electron chi connectivity index (χ0n) is 46.9. The van der Waals surface area contributed by atoms with E-state index in [0.29, 0.717) is 34.1 Å². The SMILES string of the molecule is COc1c(C=O)cc(C(C)(C)C)cc1/C=C\c1cc(C(C)(C)C)cc(/C=C\c2cc(C(C)(C)C)cc(/C=C\c3cc(C(C)(C)C)cc(/C=C\c4cc(C(C)(C)C)cc(C=O)c4OC)c3OC)c2OC)c1OC. The molecule has 0 spiro atoms. The molecule has 0 unspecified atom stereocenters. The van der Waals surface area contributed by atoms with Crippen molar-refractivity contribution in [3.05, 3.63) is 144 Å². The second-order valence-electron chi connectivity index (χ2n) is 23.8. The summed E-state index contributed by atoms with van der Waals surface area (Å²) in [6, 6.07) is 21.1. The average Bonchev–Trinajstić information content (AvgIpc) is 3.30. The molecular weight excluding hydrogens is 893 g/mol. The molecule has 0 aliphatic rings. The predicted octanol–water partition coefficient (Wildman–Crippen LogP) is 16.5. The van der Waals surface area contributed by atoms with Crippen LogP contribution in [0.3, 0.4) is 0 Å². The molecule has 7 nitrogen and oxygen atoms in total. The second kappa shape index (κ2) is 22.0. The number of rotatable bonds is 15. The molecule has 0 bridgehead atoms. The molecule has 0 aliphatic carbocycles. The van der Waals surface area contributed by atoms with E-state index >= 15 is 0 Å². The summed E-state index contributed by atoms with van der Waals surface area (Å²) in [6.07, 6.45) is 18.2. The third-order valence-electron chi connectivity index (χ3n) is 13.1. The Kier molecular flexibility index (Phi) is 17.2. The van der Waals surface area contributed by atoms with E-state index in [1.165, 1.54) is 0 Å². The molecule has 0 saturated heterocycles. The minimum Gasteiger partial charge on any atom is -0.496 e. The summed E-state index contributed by atoms with van der Waals surface area (Å²) < 4.78 is 30.3. The van der Waals surface area contributed by atoms with Crippen molar-refractivity contribution in [3.8, 4) is 28.7 Å². The lowest BCUT2D eigenvalue weighted by Gasteiger charge is -2.23. The van der Waals surface area contributed by atoms with Crippen molar-refractivity contribution >= 4 is 61.2 Å². The highest BCUT2D eigenvalue weighted by Crippen LogP contribution is 2.41. The average molecular weight is 973 g/mol. The van der Waals surface area contributed by atoms with Crippen LogP contribution in [0, 0.1) is 0 Å². The number of ether oxygens (including phenoxy) is 5. The fourth-order valence-electron chi connectivity index (χ4n) is 8.60. The molecule has 0 N–H and O–H groups in total. The third kappa shape index (κ3) is 13.1. The highest BCUT2D eigenvalue weighted by molar-refractivity contribution is 5.89. The Hall–Kier alpha value is -6.60. The first-order chi connectivity index (χ1) is 33.5. The Morgan fingerprint density at radius 3 is 0.486 bits per heavy atom. The normalized spacial score (nSPS) is 12.9. The number of carbonyl (C=O) groups is 2. The van der Waals surface area contributed by atoms with Crippen LogP contribution in [0.1, 0.15) is 197 Å². The predicted molar refractivity (Wildman–Crippen MR) is 305 cm³/mol. The highest BCUT2D eigenvalue weighted by atomic mass is 16.5. The van der Waals surface area contributed by atoms with Gasteiger partial charge in [0.2, 0.25) is 0 Å². The van der Waals surface area contributed by atoms with Gasteiger partial charge in [0.25, 0.3) is 0 Å². The van der Waals surface area contributed by atoms with Gasteiger partial charge in [0, 0.05) is 44.5 Å². The number of hydrogen-bond acceptors (Lipinski definition) is 7. The Balaban J connectivity index is 1.70. The Morgan fingerprint density at radius 2 is 0.375 bits per heavy atom. The Bertz CT molecular complexity index is 2730. The van der Waals surface area contributed by atoms with Crippen molar-refractivity contribution in [2.45, 2.75) is 131 Å². The minimum atomic E-state index is -0.189. The Labute approximate surface area is 432 Å². The van der Waals surface area contributed by atoms with Crippen LogP contribution >= 0.6 is 0 Å². The lowest BCUT2D eigenvalue weighted by atomic mass is 9.83. The molecule has 0 atom stereocenters. The maximum atomic E-state index is 12.3. The van der Waals surface area contributed by atoms with Crippen molar-refractivity contribution in [3.63, 3.8) is 0 Å². The van der Waals surface area contributed by atoms with Gasteiger partial charge in [0.15, 0.2) is 12.6 Å². The molecule has 0 radical (unpaired) electrons. The minimum absolute atomic E-state index is 0.180. The molecule has 0 saturated carbocycles. The fraction of sp³-hybridized carbons (Fsp3) is 0.385. The molecule has 7 heteroatoms. The van der Waals surface area contributed by atoms with Gasteiger partial charge >= 0.3 is 0 Å². The van der Waals surface area contributed by atoms with E-state index in [4.69, 9.17) is 23.7 Å². The van der Waals surface area contributed by atoms with E-state index in [1.54, 1.807) is 35.5 Å². The van der Waals surface area contributed by atoms with Gasteiger partial charge in [-0.2, -0.15) is 0 Å². The molecule has 0 aromatic heterocycles. The van der Waals surface area contributed by atoms with Crippen molar-refractivity contribution in [1.29, 1.82) is 0 Å². The molecule has 0 amide bonds. The van der Waals surface area contributed by atoms with E-state index in [-0.39, 0.29) is 27.1 Å². The first kappa shape index (κ1) is 56.3. The lowest BCUT2D eigenvalue weighted by molar-refractivity contribution is 0.111. The first-order valence-electron chi connectivity index (χ1n) is 24.8. The van der Waals surface area contributed by atoms with Crippen molar-refractivity contribution in [1.82, 2.24) is 0 Å². The van der Waals surface area contributed by atoms with Crippen LogP contribution in [0.25, 0.3) is 48.6 Å². The second-order valence-corrected chi connectivity index (χ2v) is 23.8. The van der Waals surface area contributed by atoms with E-state index in [9.17, 15) is 9.59 Å². The summed E-state index contributed by atoms with van der Waals surface area (Å²) in [4.78, 5) is 24.5. The standard InChI is InChI=1S/C65H80O7/c1-61(2,3)51-29-41(21-23-43-31-52(62(4,5)6)33-45(57(43)69-17)25-27-47-35-54(64(10,11)12)37-49(39-66)59(47)71-19)56(68-16)42(30-51)22-24-44-32-53(63(7,8)9)34-46(58(44)70-18)26-28-48-36-55(65(13,14)15)38-50(40-67)60(48)72-20/h21-40H,1-20H3/b23-21-,24-22-,27-25-,28-26-. The molecule has 382 valence electrons. The zero-order valence-corrected chi connectivity index (χ0v) is 46.9. The van der Waals surface area contributed by atoms with Crippen LogP contribution in [0.5, 0.6) is 28.7 Å². The number of methoxy groups -OCH3 is 5. The summed E-state index contributed by atoms with van der Waals surface area (Å²) >= 11 is 0. The topological polar surface area (TPSA) is 80.3 Å². The van der Waals surface area contributed by atoms with Crippen LogP contribution in [-0.4, -0.2) is 48.1 Å². The summed E-state index contributed by atoms with van der Waals surface area (Å²) in [5.41, 5.74) is 12.6. The molecule has 72 heavy (non-hydrogen) atoms. The van der Waals surface area contributed by atoms with Gasteiger partial charge in [-0.15, -0.1) is 0 Å². The molecular formula is C65H80O7. The number of aldehydes is 2. The summed E-state index contributed by atoms with van der Waals surface area (Å²) in [6.45, 7) is 32.7. The van der Waals surface area contributed by atoms with Gasteiger partial charge in [-0.1, -0.05) is 152 Å². The summed E-state index contributed by atoms with van der Waals surface area (Å²) in [7, 11) is 8.31. The summed E-state index contributed by atoms with van der Waals surface area (Å²) in [5.74, 6) is 3.21. The van der Waals surface area contributed by atoms with Gasteiger partial charge in [-0.05, 0) is 116 Å². The monoisotopic (exact) mass is 973 g/mol. The van der Waals surface area contributed by atoms with Gasteiger partial charge in [0.05, 0.1) is 46.7 Å². The van der Waals surface area contributed by atoms with E-state index in [0.717, 1.165) is 90.6 Å². The van der Waals surface area contributed by atoms with E-state index < -0.39 is 0 Å². The maximum Gasteiger partial charge on any atom is 0.153 e. The van der Waals surface area contributed by atoms with Crippen molar-refractivity contribution in [2.24, 2.45) is 0 Å². The van der Waals surface area contributed by atoms with Gasteiger partial charge in [-0.3, -0.25) is 9.59 Å². The largest absolute Gasteiger partial charge is 0.496 e. The van der Waals surface area contributed by atoms with Crippen LogP contribution in [0.15, 0.2) is 60.7 Å². The molecule has 5 rings (SSSR count). The third-order valence-corrected chi connectivity index (χ3v) is 13.1. The number of carbonyl (C=O) groups excluding carboxylic acids is 2. The number of benzene rings is 5. The van der Waals surface area contributed by atoms with Crippen LogP contribution < -0.4 is 23.7 Å². The van der Waals surface area contributed by atoms with Crippen LogP contribution in [0.4, 0.5) is 0 Å². The van der Waals surface area contributed by atoms with Gasteiger partial charge < -0.3 is 23.7 Å². The maximum absolute atomic E-state index is 12.3. The molecule has 5 aromatic rings. The van der Waals surface area contributed by atoms with E-state index in [1.807, 2.05) is 36.4 Å². The fourth-order valence-corrected chi connectivity index (χ4v) is 8.60. The summed E-state index contributed by atoms with van der Waals surface area (Å²) in [5, 5.41) is 0. The van der Waals surface area contributed by atoms with Crippen molar-refractivity contribution in [2.75, 3.05) is 35.5 Å².